The van der Waals surface area contributed by atoms with Gasteiger partial charge in [0.2, 0.25) is 0 Å². The van der Waals surface area contributed by atoms with Crippen LogP contribution >= 0.6 is 0 Å². The zero-order chi connectivity index (χ0) is 23.4. The maximum atomic E-state index is 15.6. The molecular formula is C28H35F3O2. The summed E-state index contributed by atoms with van der Waals surface area (Å²) in [7, 11) is 0. The van der Waals surface area contributed by atoms with Crippen molar-refractivity contribution in [2.24, 2.45) is 17.8 Å². The number of fused-ring (bicyclic) bond motifs is 2. The Bertz CT molecular complexity index is 948. The standard InChI is InChI=1S/C28H35F3O2/c1-2-3-4-5-6-9-19-16-22-14-15-28(31,26(30)25(22)24(29)17-19)33-27(32)23-13-12-20-10-7-8-11-21(20)18-23/h7-8,10-13,18-19,22,24-26H,2-6,9,14-17H2,1H3. The zero-order valence-corrected chi connectivity index (χ0v) is 19.4. The normalized spacial score (nSPS) is 31.8. The van der Waals surface area contributed by atoms with Crippen molar-refractivity contribution in [3.05, 3.63) is 48.0 Å². The minimum Gasteiger partial charge on any atom is -0.422 e. The van der Waals surface area contributed by atoms with Gasteiger partial charge in [-0.2, -0.15) is 4.39 Å². The van der Waals surface area contributed by atoms with Crippen molar-refractivity contribution in [2.45, 2.75) is 89.3 Å². The summed E-state index contributed by atoms with van der Waals surface area (Å²) in [6.07, 6.45) is 4.42. The van der Waals surface area contributed by atoms with Gasteiger partial charge < -0.3 is 4.74 Å². The van der Waals surface area contributed by atoms with Crippen LogP contribution in [0.1, 0.15) is 81.5 Å². The lowest BCUT2D eigenvalue weighted by atomic mass is 9.63. The molecule has 6 unspecified atom stereocenters. The lowest BCUT2D eigenvalue weighted by Gasteiger charge is -2.47. The summed E-state index contributed by atoms with van der Waals surface area (Å²) in [5.74, 6) is -4.67. The number of alkyl halides is 3. The van der Waals surface area contributed by atoms with Crippen molar-refractivity contribution in [3.8, 4) is 0 Å². The number of esters is 1. The van der Waals surface area contributed by atoms with Crippen LogP contribution in [-0.4, -0.2) is 24.2 Å². The highest BCUT2D eigenvalue weighted by Crippen LogP contribution is 2.51. The highest BCUT2D eigenvalue weighted by atomic mass is 19.2. The van der Waals surface area contributed by atoms with Crippen LogP contribution in [0.15, 0.2) is 42.5 Å². The number of ether oxygens (including phenoxy) is 1. The van der Waals surface area contributed by atoms with Crippen molar-refractivity contribution >= 4 is 16.7 Å². The first kappa shape index (κ1) is 24.1. The molecule has 5 heteroatoms. The van der Waals surface area contributed by atoms with E-state index in [0.29, 0.717) is 6.42 Å². The zero-order valence-electron chi connectivity index (χ0n) is 19.4. The summed E-state index contributed by atoms with van der Waals surface area (Å²) in [4.78, 5) is 12.7. The summed E-state index contributed by atoms with van der Waals surface area (Å²) < 4.78 is 51.2. The second-order valence-electron chi connectivity index (χ2n) is 10.1. The Hall–Kier alpha value is -2.04. The first-order valence-corrected chi connectivity index (χ1v) is 12.6. The topological polar surface area (TPSA) is 26.3 Å². The number of rotatable bonds is 8. The fraction of sp³-hybridized carbons (Fsp3) is 0.607. The second-order valence-corrected chi connectivity index (χ2v) is 10.1. The predicted octanol–water partition coefficient (Wildman–Crippen LogP) is 8.14. The summed E-state index contributed by atoms with van der Waals surface area (Å²) >= 11 is 0. The van der Waals surface area contributed by atoms with Crippen LogP contribution in [0.25, 0.3) is 10.8 Å². The minimum absolute atomic E-state index is 0.170. The van der Waals surface area contributed by atoms with Gasteiger partial charge in [-0.25, -0.2) is 13.6 Å². The van der Waals surface area contributed by atoms with E-state index >= 15 is 13.2 Å². The number of hydrogen-bond acceptors (Lipinski definition) is 2. The number of carbonyl (C=O) groups excluding carboxylic acids is 1. The molecule has 6 atom stereocenters. The molecule has 0 amide bonds. The lowest BCUT2D eigenvalue weighted by molar-refractivity contribution is -0.209. The van der Waals surface area contributed by atoms with Gasteiger partial charge in [-0.15, -0.1) is 0 Å². The molecule has 0 N–H and O–H groups in total. The highest BCUT2D eigenvalue weighted by molar-refractivity contribution is 5.95. The van der Waals surface area contributed by atoms with E-state index in [2.05, 4.69) is 6.92 Å². The summed E-state index contributed by atoms with van der Waals surface area (Å²) in [5.41, 5.74) is 0.170. The molecular weight excluding hydrogens is 425 g/mol. The van der Waals surface area contributed by atoms with E-state index in [0.717, 1.165) is 36.5 Å². The lowest BCUT2D eigenvalue weighted by Crippen LogP contribution is -2.55. The maximum Gasteiger partial charge on any atom is 0.340 e. The Morgan fingerprint density at radius 2 is 1.79 bits per heavy atom. The molecule has 0 aliphatic heterocycles. The van der Waals surface area contributed by atoms with Gasteiger partial charge in [0.1, 0.15) is 6.17 Å². The van der Waals surface area contributed by atoms with E-state index in [4.69, 9.17) is 4.74 Å². The van der Waals surface area contributed by atoms with Gasteiger partial charge in [-0.05, 0) is 54.0 Å². The molecule has 2 nitrogen and oxygen atoms in total. The van der Waals surface area contributed by atoms with Crippen molar-refractivity contribution in [2.75, 3.05) is 0 Å². The number of benzene rings is 2. The molecule has 0 spiro atoms. The molecule has 2 aromatic rings. The maximum absolute atomic E-state index is 15.6. The third-order valence-electron chi connectivity index (χ3n) is 7.73. The SMILES string of the molecule is CCCCCCCC1CC(F)C2C(CCC(F)(OC(=O)c3ccc4ccccc4c3)C2F)C1. The van der Waals surface area contributed by atoms with Gasteiger partial charge in [0.05, 0.1) is 5.56 Å². The highest BCUT2D eigenvalue weighted by Gasteiger charge is 2.57. The first-order valence-electron chi connectivity index (χ1n) is 12.6. The van der Waals surface area contributed by atoms with Crippen LogP contribution in [0.3, 0.4) is 0 Å². The molecule has 0 aromatic heterocycles. The van der Waals surface area contributed by atoms with Crippen LogP contribution in [-0.2, 0) is 4.74 Å². The van der Waals surface area contributed by atoms with Gasteiger partial charge in [-0.3, -0.25) is 0 Å². The summed E-state index contributed by atoms with van der Waals surface area (Å²) in [6, 6.07) is 12.4. The van der Waals surface area contributed by atoms with Crippen molar-refractivity contribution in [1.29, 1.82) is 0 Å². The molecule has 2 aromatic carbocycles. The summed E-state index contributed by atoms with van der Waals surface area (Å²) in [6.45, 7) is 2.18. The quantitative estimate of drug-likeness (QED) is 0.294. The molecule has 4 rings (SSSR count). The van der Waals surface area contributed by atoms with E-state index in [1.807, 2.05) is 24.3 Å². The first-order chi connectivity index (χ1) is 15.9. The number of carbonyl (C=O) groups is 1. The monoisotopic (exact) mass is 460 g/mol. The molecule has 2 fully saturated rings. The smallest absolute Gasteiger partial charge is 0.340 e. The molecule has 0 bridgehead atoms. The van der Waals surface area contributed by atoms with Crippen LogP contribution < -0.4 is 0 Å². The van der Waals surface area contributed by atoms with Gasteiger partial charge in [0, 0.05) is 12.3 Å². The van der Waals surface area contributed by atoms with E-state index in [1.54, 1.807) is 18.2 Å². The molecule has 33 heavy (non-hydrogen) atoms. The van der Waals surface area contributed by atoms with Crippen LogP contribution in [0.2, 0.25) is 0 Å². The van der Waals surface area contributed by atoms with Gasteiger partial charge in [0.25, 0.3) is 5.85 Å². The molecule has 2 saturated carbocycles. The predicted molar refractivity (Wildman–Crippen MR) is 125 cm³/mol. The van der Waals surface area contributed by atoms with Crippen molar-refractivity contribution in [3.63, 3.8) is 0 Å². The molecule has 180 valence electrons. The Morgan fingerprint density at radius 3 is 2.58 bits per heavy atom. The van der Waals surface area contributed by atoms with Crippen LogP contribution in [0, 0.1) is 17.8 Å². The number of halogens is 3. The number of hydrogen-bond donors (Lipinski definition) is 0. The van der Waals surface area contributed by atoms with Crippen molar-refractivity contribution < 1.29 is 22.7 Å². The second kappa shape index (κ2) is 10.5. The molecule has 0 heterocycles. The number of unbranched alkanes of at least 4 members (excludes halogenated alkanes) is 4. The van der Waals surface area contributed by atoms with Gasteiger partial charge in [-0.1, -0.05) is 75.8 Å². The Balaban J connectivity index is 1.38. The van der Waals surface area contributed by atoms with Gasteiger partial charge in [0.15, 0.2) is 6.17 Å². The van der Waals surface area contributed by atoms with E-state index < -0.39 is 30.1 Å². The molecule has 0 radical (unpaired) electrons. The molecule has 0 saturated heterocycles. The summed E-state index contributed by atoms with van der Waals surface area (Å²) in [5, 5.41) is 1.76. The Morgan fingerprint density at radius 1 is 1.03 bits per heavy atom. The van der Waals surface area contributed by atoms with E-state index in [9.17, 15) is 4.79 Å². The third-order valence-corrected chi connectivity index (χ3v) is 7.73. The van der Waals surface area contributed by atoms with Gasteiger partial charge >= 0.3 is 5.97 Å². The van der Waals surface area contributed by atoms with Crippen LogP contribution in [0.5, 0.6) is 0 Å². The van der Waals surface area contributed by atoms with Crippen LogP contribution in [0.4, 0.5) is 13.2 Å². The third kappa shape index (κ3) is 5.38. The largest absolute Gasteiger partial charge is 0.422 e. The average molecular weight is 461 g/mol. The van der Waals surface area contributed by atoms with Crippen molar-refractivity contribution in [1.82, 2.24) is 0 Å². The minimum atomic E-state index is -2.78. The Labute approximate surface area is 194 Å². The van der Waals surface area contributed by atoms with E-state index in [1.165, 1.54) is 19.3 Å². The molecule has 2 aliphatic rings. The fourth-order valence-electron chi connectivity index (χ4n) is 5.90. The molecule has 2 aliphatic carbocycles. The average Bonchev–Trinajstić information content (AvgIpc) is 2.81. The Kier molecular flexibility index (Phi) is 7.65. The fourth-order valence-corrected chi connectivity index (χ4v) is 5.90. The van der Waals surface area contributed by atoms with E-state index in [-0.39, 0.29) is 30.2 Å².